The topological polar surface area (TPSA) is 41.9 Å². The van der Waals surface area contributed by atoms with E-state index >= 15 is 0 Å². The summed E-state index contributed by atoms with van der Waals surface area (Å²) in [6, 6.07) is 28.6. The van der Waals surface area contributed by atoms with Gasteiger partial charge in [-0.05, 0) is 143 Å². The molecule has 3 heterocycles. The summed E-state index contributed by atoms with van der Waals surface area (Å²) >= 11 is 0. The first-order valence-electron chi connectivity index (χ1n) is 25.3. The Morgan fingerprint density at radius 1 is 0.469 bits per heavy atom. The first-order valence-corrected chi connectivity index (χ1v) is 25.3. The van der Waals surface area contributed by atoms with Crippen molar-refractivity contribution in [1.29, 1.82) is 0 Å². The molecular weight excluding hydrogens is 784 g/mol. The number of hydrogen-bond acceptors (Lipinski definition) is 4. The third kappa shape index (κ3) is 8.59. The number of hydrogen-bond donors (Lipinski definition) is 0. The average Bonchev–Trinajstić information content (AvgIpc) is 3.85. The summed E-state index contributed by atoms with van der Waals surface area (Å²) in [6.07, 6.45) is 17.7. The monoisotopic (exact) mass is 864 g/mol. The summed E-state index contributed by atoms with van der Waals surface area (Å²) in [6.45, 7) is 28.7. The fourth-order valence-electron chi connectivity index (χ4n) is 10.8. The van der Waals surface area contributed by atoms with Crippen molar-refractivity contribution < 1.29 is 18.6 Å². The van der Waals surface area contributed by atoms with Crippen molar-refractivity contribution in [3.8, 4) is 16.8 Å². The molecule has 0 N–H and O–H groups in total. The van der Waals surface area contributed by atoms with E-state index in [1.165, 1.54) is 132 Å². The Morgan fingerprint density at radius 2 is 0.922 bits per heavy atom. The number of rotatable bonds is 17. The molecule has 0 atom stereocenters. The van der Waals surface area contributed by atoms with Gasteiger partial charge in [-0.2, -0.15) is 0 Å². The summed E-state index contributed by atoms with van der Waals surface area (Å²) in [5, 5.41) is 2.49. The first-order chi connectivity index (χ1) is 30.2. The van der Waals surface area contributed by atoms with E-state index in [0.29, 0.717) is 0 Å². The van der Waals surface area contributed by atoms with Gasteiger partial charge >= 0.3 is 14.2 Å². The van der Waals surface area contributed by atoms with Crippen molar-refractivity contribution in [2.45, 2.75) is 213 Å². The zero-order valence-corrected chi connectivity index (χ0v) is 42.1. The van der Waals surface area contributed by atoms with Crippen LogP contribution >= 0.6 is 0 Å². The Morgan fingerprint density at radius 3 is 1.44 bits per heavy atom. The number of nitrogens with zero attached hydrogens (tertiary/aromatic N) is 1. The van der Waals surface area contributed by atoms with Crippen LogP contribution in [-0.2, 0) is 29.4 Å². The van der Waals surface area contributed by atoms with Gasteiger partial charge in [0.05, 0.1) is 33.4 Å². The zero-order valence-electron chi connectivity index (χ0n) is 42.1. The lowest BCUT2D eigenvalue weighted by Gasteiger charge is -2.33. The Hall–Kier alpha value is -3.35. The lowest BCUT2D eigenvalue weighted by molar-refractivity contribution is 0.00578. The van der Waals surface area contributed by atoms with Crippen LogP contribution in [0.3, 0.4) is 0 Å². The van der Waals surface area contributed by atoms with E-state index in [4.69, 9.17) is 18.6 Å². The number of benzene rings is 4. The van der Waals surface area contributed by atoms with Gasteiger partial charge in [-0.1, -0.05) is 154 Å². The highest BCUT2D eigenvalue weighted by Gasteiger charge is 2.53. The van der Waals surface area contributed by atoms with Gasteiger partial charge in [0.1, 0.15) is 0 Å². The molecule has 0 unspecified atom stereocenters. The highest BCUT2D eigenvalue weighted by Crippen LogP contribution is 2.56. The molecule has 0 radical (unpaired) electrons. The molecule has 5 aromatic rings. The van der Waals surface area contributed by atoms with Crippen LogP contribution in [0.4, 0.5) is 0 Å². The predicted molar refractivity (Wildman–Crippen MR) is 273 cm³/mol. The SMILES string of the molecule is CCCCCCCCC1(CCCCCCCC)c2cc(B3OC(C)(C)C(C)(C)O3)ccc2-c2cc3c4cc(B5OC(C)(C)C(C)(C)O5)ccc4n(-c4ccc(C(C)(C)C)cc4)c3cc21. The van der Waals surface area contributed by atoms with Gasteiger partial charge in [0.25, 0.3) is 0 Å². The Labute approximate surface area is 388 Å². The second-order valence-electron chi connectivity index (χ2n) is 22.9. The van der Waals surface area contributed by atoms with Crippen LogP contribution in [0.15, 0.2) is 72.8 Å². The maximum Gasteiger partial charge on any atom is 0.494 e. The van der Waals surface area contributed by atoms with Crippen LogP contribution in [0.25, 0.3) is 38.6 Å². The fraction of sp³-hybridized carbons (Fsp3) is 0.579. The molecule has 7 heteroatoms. The summed E-state index contributed by atoms with van der Waals surface area (Å²) < 4.78 is 29.4. The smallest absolute Gasteiger partial charge is 0.399 e. The standard InChI is InChI=1S/C57H79B2NO4/c1-14-16-18-20-22-24-34-57(35-25-23-21-19-17-15-2)48-37-42(59-63-55(10,11)56(12,13)64-59)28-32-44(48)45-38-47-46-36-41(58-61-53(6,7)54(8,9)62-58)29-33-50(46)60(51(47)39-49(45)57)43-30-26-40(27-31-43)52(3,4)5/h26-33,36-39H,14-25,34-35H2,1-13H3. The number of unbranched alkanes of at least 4 members (excludes halogenated alkanes) is 10. The van der Waals surface area contributed by atoms with Crippen LogP contribution in [0.1, 0.15) is 197 Å². The van der Waals surface area contributed by atoms with Crippen LogP contribution < -0.4 is 10.9 Å². The largest absolute Gasteiger partial charge is 0.494 e. The van der Waals surface area contributed by atoms with Gasteiger partial charge in [0.15, 0.2) is 0 Å². The zero-order chi connectivity index (χ0) is 45.9. The molecule has 64 heavy (non-hydrogen) atoms. The molecule has 3 aliphatic rings. The van der Waals surface area contributed by atoms with Crippen molar-refractivity contribution in [2.24, 2.45) is 0 Å². The van der Waals surface area contributed by atoms with Crippen molar-refractivity contribution >= 4 is 47.0 Å². The number of aromatic nitrogens is 1. The van der Waals surface area contributed by atoms with Crippen LogP contribution in [0.2, 0.25) is 0 Å². The molecular formula is C57H79B2NO4. The van der Waals surface area contributed by atoms with E-state index in [1.807, 2.05) is 0 Å². The second-order valence-corrected chi connectivity index (χ2v) is 22.9. The third-order valence-electron chi connectivity index (χ3n) is 16.2. The summed E-state index contributed by atoms with van der Waals surface area (Å²) in [4.78, 5) is 0. The van der Waals surface area contributed by atoms with E-state index in [1.54, 1.807) is 0 Å². The Kier molecular flexibility index (Phi) is 13.0. The minimum Gasteiger partial charge on any atom is -0.399 e. The molecule has 0 amide bonds. The predicted octanol–water partition coefficient (Wildman–Crippen LogP) is 14.4. The van der Waals surface area contributed by atoms with Crippen molar-refractivity contribution in [2.75, 3.05) is 0 Å². The highest BCUT2D eigenvalue weighted by molar-refractivity contribution is 6.63. The molecule has 2 saturated heterocycles. The average molecular weight is 864 g/mol. The van der Waals surface area contributed by atoms with Gasteiger partial charge in [-0.15, -0.1) is 0 Å². The quantitative estimate of drug-likeness (QED) is 0.0690. The third-order valence-corrected chi connectivity index (χ3v) is 16.2. The van der Waals surface area contributed by atoms with E-state index in [9.17, 15) is 0 Å². The summed E-state index contributed by atoms with van der Waals surface area (Å²) in [5.41, 5.74) is 11.2. The fourth-order valence-corrected chi connectivity index (χ4v) is 10.8. The summed E-state index contributed by atoms with van der Waals surface area (Å²) in [5.74, 6) is 0. The molecule has 2 aliphatic heterocycles. The van der Waals surface area contributed by atoms with E-state index in [-0.39, 0.29) is 10.8 Å². The molecule has 0 saturated carbocycles. The molecule has 0 spiro atoms. The van der Waals surface area contributed by atoms with Crippen LogP contribution in [0.5, 0.6) is 0 Å². The molecule has 5 nitrogen and oxygen atoms in total. The molecule has 1 aromatic heterocycles. The van der Waals surface area contributed by atoms with Gasteiger partial charge in [-0.25, -0.2) is 0 Å². The van der Waals surface area contributed by atoms with Gasteiger partial charge in [0, 0.05) is 21.9 Å². The lowest BCUT2D eigenvalue weighted by atomic mass is 9.68. The number of fused-ring (bicyclic) bond motifs is 6. The highest BCUT2D eigenvalue weighted by atomic mass is 16.7. The molecule has 0 bridgehead atoms. The Balaban J connectivity index is 1.34. The molecule has 4 aromatic carbocycles. The molecule has 342 valence electrons. The van der Waals surface area contributed by atoms with E-state index in [0.717, 1.165) is 23.8 Å². The van der Waals surface area contributed by atoms with Crippen molar-refractivity contribution in [3.05, 3.63) is 89.5 Å². The minimum atomic E-state index is -0.440. The molecule has 1 aliphatic carbocycles. The molecule has 8 rings (SSSR count). The molecule has 2 fully saturated rings. The van der Waals surface area contributed by atoms with E-state index in [2.05, 4.69) is 167 Å². The summed E-state index contributed by atoms with van der Waals surface area (Å²) in [7, 11) is -0.846. The van der Waals surface area contributed by atoms with Gasteiger partial charge in [-0.3, -0.25) is 0 Å². The normalized spacial score (nSPS) is 19.3. The van der Waals surface area contributed by atoms with Crippen LogP contribution in [-0.4, -0.2) is 41.2 Å². The first kappa shape index (κ1) is 47.2. The minimum absolute atomic E-state index is 0.0648. The van der Waals surface area contributed by atoms with Crippen molar-refractivity contribution in [1.82, 2.24) is 4.57 Å². The van der Waals surface area contributed by atoms with Crippen molar-refractivity contribution in [3.63, 3.8) is 0 Å². The second kappa shape index (κ2) is 17.7. The van der Waals surface area contributed by atoms with E-state index < -0.39 is 36.6 Å². The maximum absolute atomic E-state index is 6.75. The lowest BCUT2D eigenvalue weighted by Crippen LogP contribution is -2.41. The Bertz CT molecular complexity index is 2400. The van der Waals surface area contributed by atoms with Crippen LogP contribution in [0, 0.1) is 0 Å². The maximum atomic E-state index is 6.75. The van der Waals surface area contributed by atoms with Gasteiger partial charge < -0.3 is 23.2 Å². The van der Waals surface area contributed by atoms with Gasteiger partial charge in [0.2, 0.25) is 0 Å².